The van der Waals surface area contributed by atoms with Crippen LogP contribution < -0.4 is 16.4 Å². The van der Waals surface area contributed by atoms with Crippen molar-refractivity contribution in [1.82, 2.24) is 4.31 Å². The molecule has 1 aliphatic heterocycles. The van der Waals surface area contributed by atoms with Crippen molar-refractivity contribution < 1.29 is 18.0 Å². The Hall–Kier alpha value is -2.91. The highest BCUT2D eigenvalue weighted by Crippen LogP contribution is 2.25. The Bertz CT molecular complexity index is 938. The van der Waals surface area contributed by atoms with Crippen LogP contribution in [0.3, 0.4) is 0 Å². The van der Waals surface area contributed by atoms with Crippen molar-refractivity contribution in [1.29, 1.82) is 0 Å². The Balaban J connectivity index is 1.56. The lowest BCUT2D eigenvalue weighted by Gasteiger charge is -2.30. The molecule has 1 heterocycles. The van der Waals surface area contributed by atoms with E-state index in [9.17, 15) is 18.0 Å². The minimum Gasteiger partial charge on any atom is -0.351 e. The number of benzene rings is 2. The molecule has 2 aromatic rings. The van der Waals surface area contributed by atoms with Gasteiger partial charge in [0.2, 0.25) is 15.9 Å². The zero-order chi connectivity index (χ0) is 20.1. The average molecular weight is 402 g/mol. The second kappa shape index (κ2) is 8.41. The highest BCUT2D eigenvalue weighted by Gasteiger charge is 2.32. The van der Waals surface area contributed by atoms with Gasteiger partial charge in [0.1, 0.15) is 0 Å². The molecule has 4 N–H and O–H groups in total. The van der Waals surface area contributed by atoms with E-state index < -0.39 is 16.1 Å². The summed E-state index contributed by atoms with van der Waals surface area (Å²) < 4.78 is 26.7. The third-order valence-electron chi connectivity index (χ3n) is 4.63. The Labute approximate surface area is 163 Å². The molecule has 0 atom stereocenters. The quantitative estimate of drug-likeness (QED) is 0.710. The minimum absolute atomic E-state index is 0.146. The van der Waals surface area contributed by atoms with Crippen molar-refractivity contribution >= 4 is 33.3 Å². The minimum atomic E-state index is -3.53. The number of carbonyl (C=O) groups excluding carboxylic acids is 2. The van der Waals surface area contributed by atoms with Crippen LogP contribution >= 0.6 is 0 Å². The van der Waals surface area contributed by atoms with Gasteiger partial charge in [0.15, 0.2) is 0 Å². The van der Waals surface area contributed by atoms with Gasteiger partial charge in [-0.25, -0.2) is 13.2 Å². The first-order valence-corrected chi connectivity index (χ1v) is 10.3. The van der Waals surface area contributed by atoms with Gasteiger partial charge in [-0.3, -0.25) is 4.79 Å². The number of amides is 3. The number of piperidine rings is 1. The van der Waals surface area contributed by atoms with E-state index in [1.807, 2.05) is 0 Å². The number of hydrogen-bond donors (Lipinski definition) is 3. The van der Waals surface area contributed by atoms with E-state index in [0.29, 0.717) is 37.3 Å². The fraction of sp³-hybridized carbons (Fsp3) is 0.263. The number of anilines is 2. The highest BCUT2D eigenvalue weighted by molar-refractivity contribution is 7.89. The van der Waals surface area contributed by atoms with Crippen LogP contribution in [0.2, 0.25) is 0 Å². The number of sulfonamides is 1. The molecule has 1 aliphatic rings. The van der Waals surface area contributed by atoms with Crippen LogP contribution in [-0.2, 0) is 14.8 Å². The van der Waals surface area contributed by atoms with Crippen LogP contribution in [0.5, 0.6) is 0 Å². The van der Waals surface area contributed by atoms with Crippen molar-refractivity contribution in [2.45, 2.75) is 17.7 Å². The summed E-state index contributed by atoms with van der Waals surface area (Å²) in [5.41, 5.74) is 6.18. The third kappa shape index (κ3) is 4.68. The number of primary amides is 1. The first-order valence-electron chi connectivity index (χ1n) is 8.89. The van der Waals surface area contributed by atoms with E-state index in [4.69, 9.17) is 5.73 Å². The fourth-order valence-corrected chi connectivity index (χ4v) is 4.61. The maximum atomic E-state index is 12.6. The summed E-state index contributed by atoms with van der Waals surface area (Å²) in [5.74, 6) is -0.405. The molecule has 0 unspecified atom stereocenters. The van der Waals surface area contributed by atoms with Crippen LogP contribution in [0.25, 0.3) is 0 Å². The molecule has 148 valence electrons. The van der Waals surface area contributed by atoms with E-state index >= 15 is 0 Å². The lowest BCUT2D eigenvalue weighted by atomic mass is 9.97. The normalized spacial score (nSPS) is 15.7. The van der Waals surface area contributed by atoms with Crippen molar-refractivity contribution in [3.05, 3.63) is 54.6 Å². The maximum Gasteiger partial charge on any atom is 0.316 e. The number of rotatable bonds is 5. The van der Waals surface area contributed by atoms with Gasteiger partial charge < -0.3 is 16.4 Å². The van der Waals surface area contributed by atoms with Crippen LogP contribution in [0.4, 0.5) is 16.2 Å². The molecule has 8 nitrogen and oxygen atoms in total. The second-order valence-electron chi connectivity index (χ2n) is 6.55. The molecule has 0 spiro atoms. The van der Waals surface area contributed by atoms with Gasteiger partial charge in [0.05, 0.1) is 4.90 Å². The summed E-state index contributed by atoms with van der Waals surface area (Å²) in [4.78, 5) is 23.6. The summed E-state index contributed by atoms with van der Waals surface area (Å²) in [6.45, 7) is 0.605. The molecule has 1 fully saturated rings. The molecule has 3 amide bonds. The highest BCUT2D eigenvalue weighted by atomic mass is 32.2. The summed E-state index contributed by atoms with van der Waals surface area (Å²) in [6.07, 6.45) is 0.915. The van der Waals surface area contributed by atoms with Crippen molar-refractivity contribution in [3.63, 3.8) is 0 Å². The zero-order valence-corrected chi connectivity index (χ0v) is 16.0. The Morgan fingerprint density at radius 3 is 1.96 bits per heavy atom. The first-order chi connectivity index (χ1) is 13.4. The smallest absolute Gasteiger partial charge is 0.316 e. The molecule has 0 bridgehead atoms. The number of nitrogens with two attached hydrogens (primary N) is 1. The Morgan fingerprint density at radius 1 is 0.893 bits per heavy atom. The van der Waals surface area contributed by atoms with Gasteiger partial charge in [-0.2, -0.15) is 4.31 Å². The molecule has 28 heavy (non-hydrogen) atoms. The van der Waals surface area contributed by atoms with E-state index in [2.05, 4.69) is 10.6 Å². The van der Waals surface area contributed by atoms with Crippen LogP contribution in [0.15, 0.2) is 59.5 Å². The third-order valence-corrected chi connectivity index (χ3v) is 6.54. The largest absolute Gasteiger partial charge is 0.351 e. The number of nitrogens with zero attached hydrogens (tertiary/aromatic N) is 1. The molecule has 3 rings (SSSR count). The van der Waals surface area contributed by atoms with Crippen molar-refractivity contribution in [2.75, 3.05) is 23.7 Å². The topological polar surface area (TPSA) is 122 Å². The average Bonchev–Trinajstić information content (AvgIpc) is 2.70. The summed E-state index contributed by atoms with van der Waals surface area (Å²) in [6, 6.07) is 14.2. The van der Waals surface area contributed by atoms with E-state index in [0.717, 1.165) is 0 Å². The van der Waals surface area contributed by atoms with Gasteiger partial charge in [0, 0.05) is 30.4 Å². The fourth-order valence-electron chi connectivity index (χ4n) is 3.12. The van der Waals surface area contributed by atoms with Crippen LogP contribution in [0, 0.1) is 5.92 Å². The van der Waals surface area contributed by atoms with Crippen molar-refractivity contribution in [3.8, 4) is 0 Å². The molecule has 9 heteroatoms. The predicted molar refractivity (Wildman–Crippen MR) is 106 cm³/mol. The molecular formula is C19H22N4O4S. The standard InChI is InChI=1S/C19H22N4O4S/c20-19(25)22-16-8-6-15(7-9-16)21-18(24)14-10-12-23(13-11-14)28(26,27)17-4-2-1-3-5-17/h1-9,14H,10-13H2,(H,21,24)(H3,20,22,25). The molecular weight excluding hydrogens is 380 g/mol. The molecule has 1 saturated heterocycles. The second-order valence-corrected chi connectivity index (χ2v) is 8.49. The first kappa shape index (κ1) is 19.8. The predicted octanol–water partition coefficient (Wildman–Crippen LogP) is 2.22. The van der Waals surface area contributed by atoms with Gasteiger partial charge >= 0.3 is 6.03 Å². The molecule has 0 aliphatic carbocycles. The maximum absolute atomic E-state index is 12.6. The molecule has 0 radical (unpaired) electrons. The number of nitrogens with one attached hydrogen (secondary N) is 2. The van der Waals surface area contributed by atoms with E-state index in [-0.39, 0.29) is 16.7 Å². The van der Waals surface area contributed by atoms with E-state index in [1.165, 1.54) is 4.31 Å². The summed E-state index contributed by atoms with van der Waals surface area (Å²) in [7, 11) is -3.53. The SMILES string of the molecule is NC(=O)Nc1ccc(NC(=O)C2CCN(S(=O)(=O)c3ccccc3)CC2)cc1. The van der Waals surface area contributed by atoms with Crippen LogP contribution in [-0.4, -0.2) is 37.8 Å². The van der Waals surface area contributed by atoms with Gasteiger partial charge in [-0.15, -0.1) is 0 Å². The number of carbonyl (C=O) groups is 2. The van der Waals surface area contributed by atoms with Gasteiger partial charge in [0.25, 0.3) is 0 Å². The Kier molecular flexibility index (Phi) is 5.96. The van der Waals surface area contributed by atoms with E-state index in [1.54, 1.807) is 54.6 Å². The number of urea groups is 1. The molecule has 0 saturated carbocycles. The zero-order valence-electron chi connectivity index (χ0n) is 15.2. The molecule has 2 aromatic carbocycles. The molecule has 0 aromatic heterocycles. The van der Waals surface area contributed by atoms with Crippen LogP contribution in [0.1, 0.15) is 12.8 Å². The lowest BCUT2D eigenvalue weighted by Crippen LogP contribution is -2.41. The summed E-state index contributed by atoms with van der Waals surface area (Å²) in [5, 5.41) is 5.27. The monoisotopic (exact) mass is 402 g/mol. The van der Waals surface area contributed by atoms with Crippen molar-refractivity contribution in [2.24, 2.45) is 11.7 Å². The number of hydrogen-bond acceptors (Lipinski definition) is 4. The Morgan fingerprint density at radius 2 is 1.43 bits per heavy atom. The van der Waals surface area contributed by atoms with Gasteiger partial charge in [-0.05, 0) is 49.2 Å². The summed E-state index contributed by atoms with van der Waals surface area (Å²) >= 11 is 0. The lowest BCUT2D eigenvalue weighted by molar-refractivity contribution is -0.120. The van der Waals surface area contributed by atoms with Gasteiger partial charge in [-0.1, -0.05) is 18.2 Å².